The molecular weight excluding hydrogens is 275 g/mol. The van der Waals surface area contributed by atoms with E-state index < -0.39 is 7.82 Å². The first-order valence-corrected chi connectivity index (χ1v) is 7.75. The molecule has 0 aliphatic heterocycles. The van der Waals surface area contributed by atoms with E-state index in [1.165, 1.54) is 18.2 Å². The highest BCUT2D eigenvalue weighted by Crippen LogP contribution is 2.54. The summed E-state index contributed by atoms with van der Waals surface area (Å²) in [5.41, 5.74) is 0. The van der Waals surface area contributed by atoms with E-state index in [1.54, 1.807) is 32.9 Å². The molecule has 20 heavy (non-hydrogen) atoms. The van der Waals surface area contributed by atoms with Crippen LogP contribution in [0.1, 0.15) is 27.7 Å². The number of phosphoric ester groups is 1. The molecule has 0 saturated carbocycles. The van der Waals surface area contributed by atoms with Crippen molar-refractivity contribution in [1.29, 1.82) is 0 Å². The lowest BCUT2D eigenvalue weighted by Crippen LogP contribution is -2.05. The molecule has 0 N–H and O–H groups in total. The van der Waals surface area contributed by atoms with E-state index in [-0.39, 0.29) is 11.9 Å². The number of allylic oxidation sites excluding steroid dienone is 7. The predicted molar refractivity (Wildman–Crippen MR) is 83.0 cm³/mol. The molecule has 0 rings (SSSR count). The normalized spacial score (nSPS) is 16.1. The minimum Gasteiger partial charge on any atom is -0.400 e. The van der Waals surface area contributed by atoms with E-state index in [0.717, 1.165) is 0 Å². The van der Waals surface area contributed by atoms with Gasteiger partial charge in [-0.3, -0.25) is 4.52 Å². The molecule has 0 spiro atoms. The second-order valence-electron chi connectivity index (χ2n) is 4.10. The van der Waals surface area contributed by atoms with Gasteiger partial charge in [-0.05, 0) is 45.9 Å². The summed E-state index contributed by atoms with van der Waals surface area (Å²) in [6, 6.07) is 0. The minimum absolute atomic E-state index is 0.266. The van der Waals surface area contributed by atoms with Gasteiger partial charge in [-0.2, -0.15) is 0 Å². The second kappa shape index (κ2) is 9.40. The molecule has 0 bridgehead atoms. The Labute approximate surface area is 121 Å². The summed E-state index contributed by atoms with van der Waals surface area (Å²) >= 11 is 0. The lowest BCUT2D eigenvalue weighted by molar-refractivity contribution is 0.132. The zero-order valence-corrected chi connectivity index (χ0v) is 13.4. The lowest BCUT2D eigenvalue weighted by atomic mass is 10.4. The van der Waals surface area contributed by atoms with Crippen LogP contribution in [0.3, 0.4) is 0 Å². The maximum Gasteiger partial charge on any atom is 0.587 e. The highest BCUT2D eigenvalue weighted by atomic mass is 31.2. The van der Waals surface area contributed by atoms with E-state index in [2.05, 4.69) is 13.2 Å². The van der Waals surface area contributed by atoms with Crippen molar-refractivity contribution in [3.8, 4) is 0 Å². The van der Waals surface area contributed by atoms with Crippen molar-refractivity contribution >= 4 is 7.82 Å². The average molecular weight is 298 g/mol. The third-order valence-corrected chi connectivity index (χ3v) is 3.45. The Morgan fingerprint density at radius 1 is 1.20 bits per heavy atom. The third-order valence-electron chi connectivity index (χ3n) is 1.82. The monoisotopic (exact) mass is 298 g/mol. The van der Waals surface area contributed by atoms with Crippen molar-refractivity contribution in [2.24, 2.45) is 0 Å². The van der Waals surface area contributed by atoms with Crippen molar-refractivity contribution < 1.29 is 18.1 Å². The summed E-state index contributed by atoms with van der Waals surface area (Å²) in [5, 5.41) is 0. The van der Waals surface area contributed by atoms with Crippen molar-refractivity contribution in [2.75, 3.05) is 0 Å². The van der Waals surface area contributed by atoms with E-state index >= 15 is 0 Å². The smallest absolute Gasteiger partial charge is 0.400 e. The van der Waals surface area contributed by atoms with E-state index in [9.17, 15) is 4.57 Å². The summed E-state index contributed by atoms with van der Waals surface area (Å²) in [6.07, 6.45) is 9.39. The molecular formula is C15H23O4P. The molecule has 4 nitrogen and oxygen atoms in total. The van der Waals surface area contributed by atoms with Crippen LogP contribution in [0.5, 0.6) is 0 Å². The molecule has 0 radical (unpaired) electrons. The van der Waals surface area contributed by atoms with Crippen LogP contribution in [0, 0.1) is 0 Å². The Morgan fingerprint density at radius 3 is 2.30 bits per heavy atom. The van der Waals surface area contributed by atoms with Gasteiger partial charge in [-0.25, -0.2) is 4.57 Å². The number of rotatable bonds is 9. The van der Waals surface area contributed by atoms with E-state index in [4.69, 9.17) is 13.6 Å². The molecule has 0 heterocycles. The van der Waals surface area contributed by atoms with Crippen LogP contribution in [0.4, 0.5) is 0 Å². The van der Waals surface area contributed by atoms with Gasteiger partial charge in [0, 0.05) is 0 Å². The first-order valence-electron chi connectivity index (χ1n) is 6.29. The fourth-order valence-electron chi connectivity index (χ4n) is 1.14. The van der Waals surface area contributed by atoms with Crippen LogP contribution >= 0.6 is 7.82 Å². The fraction of sp³-hybridized carbons (Fsp3) is 0.333. The van der Waals surface area contributed by atoms with Gasteiger partial charge in [-0.15, -0.1) is 0 Å². The summed E-state index contributed by atoms with van der Waals surface area (Å²) in [4.78, 5) is 0. The maximum absolute atomic E-state index is 12.6. The Morgan fingerprint density at radius 2 is 1.85 bits per heavy atom. The summed E-state index contributed by atoms with van der Waals surface area (Å²) < 4.78 is 28.5. The molecule has 0 amide bonds. The fourth-order valence-corrected chi connectivity index (χ4v) is 2.59. The van der Waals surface area contributed by atoms with Crippen molar-refractivity contribution in [2.45, 2.75) is 33.8 Å². The van der Waals surface area contributed by atoms with Gasteiger partial charge in [0.2, 0.25) is 0 Å². The zero-order valence-electron chi connectivity index (χ0n) is 12.5. The highest BCUT2D eigenvalue weighted by Gasteiger charge is 2.32. The predicted octanol–water partition coefficient (Wildman–Crippen LogP) is 5.29. The van der Waals surface area contributed by atoms with Gasteiger partial charge in [-0.1, -0.05) is 31.4 Å². The van der Waals surface area contributed by atoms with Crippen LogP contribution in [0.2, 0.25) is 0 Å². The van der Waals surface area contributed by atoms with Crippen molar-refractivity contribution in [1.82, 2.24) is 0 Å². The zero-order chi connectivity index (χ0) is 15.6. The minimum atomic E-state index is -3.76. The van der Waals surface area contributed by atoms with Crippen LogP contribution in [-0.2, 0) is 18.1 Å². The van der Waals surface area contributed by atoms with E-state index in [0.29, 0.717) is 5.76 Å². The SMILES string of the molecule is C=C/C=C(\C=C)OP(=O)(O/C(C)=C/C=C\C)OC(C)C. The van der Waals surface area contributed by atoms with Gasteiger partial charge in [0.25, 0.3) is 0 Å². The lowest BCUT2D eigenvalue weighted by Gasteiger charge is -2.21. The quantitative estimate of drug-likeness (QED) is 0.329. The molecule has 5 heteroatoms. The van der Waals surface area contributed by atoms with E-state index in [1.807, 2.05) is 13.0 Å². The molecule has 1 atom stereocenters. The first-order chi connectivity index (χ1) is 9.36. The Hall–Kier alpha value is -1.51. The average Bonchev–Trinajstić information content (AvgIpc) is 2.34. The topological polar surface area (TPSA) is 44.8 Å². The second-order valence-corrected chi connectivity index (χ2v) is 5.57. The largest absolute Gasteiger partial charge is 0.587 e. The van der Waals surface area contributed by atoms with Crippen molar-refractivity contribution in [3.05, 3.63) is 61.1 Å². The van der Waals surface area contributed by atoms with Gasteiger partial charge in [0.15, 0.2) is 0 Å². The number of hydrogen-bond acceptors (Lipinski definition) is 4. The highest BCUT2D eigenvalue weighted by molar-refractivity contribution is 7.48. The summed E-state index contributed by atoms with van der Waals surface area (Å²) in [5.74, 6) is 0.692. The molecule has 0 aliphatic rings. The molecule has 0 saturated heterocycles. The molecule has 1 unspecified atom stereocenters. The molecule has 0 aromatic carbocycles. The first kappa shape index (κ1) is 18.5. The van der Waals surface area contributed by atoms with Gasteiger partial charge in [0.1, 0.15) is 11.5 Å². The summed E-state index contributed by atoms with van der Waals surface area (Å²) in [6.45, 7) is 14.1. The van der Waals surface area contributed by atoms with Gasteiger partial charge >= 0.3 is 7.82 Å². The van der Waals surface area contributed by atoms with Crippen LogP contribution in [-0.4, -0.2) is 6.10 Å². The van der Waals surface area contributed by atoms with Crippen LogP contribution in [0.15, 0.2) is 61.1 Å². The van der Waals surface area contributed by atoms with Gasteiger partial charge in [0.05, 0.1) is 6.10 Å². The number of phosphoric acid groups is 1. The Kier molecular flexibility index (Phi) is 8.69. The molecule has 0 aromatic rings. The maximum atomic E-state index is 12.6. The Balaban J connectivity index is 5.19. The molecule has 0 aliphatic carbocycles. The Bertz CT molecular complexity index is 458. The van der Waals surface area contributed by atoms with Crippen LogP contribution in [0.25, 0.3) is 0 Å². The molecule has 0 fully saturated rings. The van der Waals surface area contributed by atoms with Crippen LogP contribution < -0.4 is 0 Å². The molecule has 0 aromatic heterocycles. The molecule has 112 valence electrons. The summed E-state index contributed by atoms with van der Waals surface area (Å²) in [7, 11) is -3.76. The third kappa shape index (κ3) is 7.82. The number of hydrogen-bond donors (Lipinski definition) is 0. The van der Waals surface area contributed by atoms with Crippen molar-refractivity contribution in [3.63, 3.8) is 0 Å². The standard InChI is InChI=1S/C15H23O4P/c1-7-10-12-14(6)18-20(16,17-13(4)5)19-15(9-3)11-8-2/h7-13H,2-3H2,1,4-6H3/b10-7-,14-12+,15-11+. The van der Waals surface area contributed by atoms with Gasteiger partial charge < -0.3 is 9.05 Å².